The highest BCUT2D eigenvalue weighted by Crippen LogP contribution is 2.40. The van der Waals surface area contributed by atoms with Gasteiger partial charge in [-0.3, -0.25) is 0 Å². The van der Waals surface area contributed by atoms with Crippen LogP contribution in [0.15, 0.2) is 83.8 Å². The number of fused-ring (bicyclic) bond motifs is 1. The van der Waals surface area contributed by atoms with Gasteiger partial charge < -0.3 is 9.88 Å². The molecule has 1 aromatic heterocycles. The first-order valence-electron chi connectivity index (χ1n) is 11.3. The summed E-state index contributed by atoms with van der Waals surface area (Å²) in [6.45, 7) is 3.52. The van der Waals surface area contributed by atoms with E-state index in [0.29, 0.717) is 5.92 Å². The molecule has 1 aliphatic rings. The number of aromatic nitrogens is 1. The monoisotopic (exact) mass is 426 g/mol. The zero-order valence-corrected chi connectivity index (χ0v) is 19.0. The fourth-order valence-electron chi connectivity index (χ4n) is 4.94. The maximum absolute atomic E-state index is 3.73. The van der Waals surface area contributed by atoms with Gasteiger partial charge in [0.2, 0.25) is 0 Å². The van der Waals surface area contributed by atoms with Gasteiger partial charge in [-0.25, -0.2) is 0 Å². The normalized spacial score (nSPS) is 15.5. The maximum atomic E-state index is 3.73. The molecule has 0 aliphatic carbocycles. The van der Waals surface area contributed by atoms with Crippen LogP contribution in [0, 0.1) is 0 Å². The Bertz CT molecular complexity index is 1120. The van der Waals surface area contributed by atoms with Gasteiger partial charge in [-0.05, 0) is 79.4 Å². The van der Waals surface area contributed by atoms with Crippen molar-refractivity contribution in [1.82, 2.24) is 9.88 Å². The highest BCUT2D eigenvalue weighted by atomic mass is 32.2. The Morgan fingerprint density at radius 1 is 0.871 bits per heavy atom. The maximum Gasteiger partial charge on any atom is 0.0500 e. The van der Waals surface area contributed by atoms with Gasteiger partial charge in [-0.2, -0.15) is 0 Å². The molecule has 0 spiro atoms. The molecule has 5 rings (SSSR count). The van der Waals surface area contributed by atoms with Gasteiger partial charge in [0.25, 0.3) is 0 Å². The van der Waals surface area contributed by atoms with E-state index in [0.717, 1.165) is 13.0 Å². The number of likely N-dealkylation sites (tertiary alicyclic amines) is 1. The molecule has 1 N–H and O–H groups in total. The summed E-state index contributed by atoms with van der Waals surface area (Å²) in [4.78, 5) is 7.72. The molecule has 0 bridgehead atoms. The third-order valence-electron chi connectivity index (χ3n) is 6.68. The van der Waals surface area contributed by atoms with E-state index in [9.17, 15) is 0 Å². The zero-order valence-electron chi connectivity index (χ0n) is 18.2. The molecular weight excluding hydrogens is 396 g/mol. The van der Waals surface area contributed by atoms with Crippen molar-refractivity contribution in [1.29, 1.82) is 0 Å². The quantitative estimate of drug-likeness (QED) is 0.335. The van der Waals surface area contributed by atoms with Crippen molar-refractivity contribution >= 4 is 22.7 Å². The van der Waals surface area contributed by atoms with Crippen LogP contribution < -0.4 is 0 Å². The van der Waals surface area contributed by atoms with E-state index in [1.54, 1.807) is 0 Å². The number of H-pyrrole nitrogens is 1. The summed E-state index contributed by atoms with van der Waals surface area (Å²) in [5.41, 5.74) is 6.84. The molecule has 31 heavy (non-hydrogen) atoms. The third kappa shape index (κ3) is 4.44. The van der Waals surface area contributed by atoms with Gasteiger partial charge in [0.15, 0.2) is 0 Å². The van der Waals surface area contributed by atoms with Crippen molar-refractivity contribution in [3.05, 3.63) is 90.0 Å². The van der Waals surface area contributed by atoms with Crippen molar-refractivity contribution in [2.24, 2.45) is 0 Å². The Morgan fingerprint density at radius 3 is 2.32 bits per heavy atom. The Balaban J connectivity index is 1.30. The average molecular weight is 427 g/mol. The number of hydrogen-bond donors (Lipinski definition) is 1. The number of nitrogens with zero attached hydrogens (tertiary/aromatic N) is 1. The highest BCUT2D eigenvalue weighted by Gasteiger charge is 2.26. The lowest BCUT2D eigenvalue weighted by molar-refractivity contribution is 0.215. The van der Waals surface area contributed by atoms with Crippen molar-refractivity contribution in [2.75, 3.05) is 25.9 Å². The van der Waals surface area contributed by atoms with Crippen molar-refractivity contribution < 1.29 is 0 Å². The van der Waals surface area contributed by atoms with Crippen LogP contribution in [0.2, 0.25) is 0 Å². The lowest BCUT2D eigenvalue weighted by Gasteiger charge is -2.32. The number of thioether (sulfide) groups is 1. The molecule has 1 fully saturated rings. The van der Waals surface area contributed by atoms with E-state index in [2.05, 4.69) is 95.0 Å². The summed E-state index contributed by atoms with van der Waals surface area (Å²) in [6.07, 6.45) is 5.73. The standard InChI is InChI=1S/C28H30N2S/c1-31-24-13-11-21(12-14-24)15-18-30-19-16-22(17-20-30)27-25-9-5-6-10-26(25)29-28(27)23-7-3-2-4-8-23/h2-14,22,29H,15-20H2,1H3. The molecule has 3 heteroatoms. The number of hydrogen-bond acceptors (Lipinski definition) is 2. The molecule has 0 unspecified atom stereocenters. The first kappa shape index (κ1) is 20.4. The lowest BCUT2D eigenvalue weighted by Crippen LogP contribution is -2.34. The minimum atomic E-state index is 0.614. The number of aromatic amines is 1. The predicted octanol–water partition coefficient (Wildman–Crippen LogP) is 6.98. The Labute approximate surface area is 189 Å². The van der Waals surface area contributed by atoms with Crippen LogP contribution in [0.4, 0.5) is 0 Å². The fraction of sp³-hybridized carbons (Fsp3) is 0.286. The minimum Gasteiger partial charge on any atom is -0.354 e. The molecule has 0 saturated carbocycles. The minimum absolute atomic E-state index is 0.614. The molecule has 2 nitrogen and oxygen atoms in total. The van der Waals surface area contributed by atoms with Gasteiger partial charge >= 0.3 is 0 Å². The lowest BCUT2D eigenvalue weighted by atomic mass is 9.86. The molecule has 158 valence electrons. The second kappa shape index (κ2) is 9.33. The predicted molar refractivity (Wildman–Crippen MR) is 134 cm³/mol. The van der Waals surface area contributed by atoms with Crippen molar-refractivity contribution in [3.8, 4) is 11.3 Å². The smallest absolute Gasteiger partial charge is 0.0500 e. The summed E-state index contributed by atoms with van der Waals surface area (Å²) in [5, 5.41) is 1.40. The number of piperidine rings is 1. The zero-order chi connectivity index (χ0) is 21.0. The summed E-state index contributed by atoms with van der Waals surface area (Å²) in [7, 11) is 0. The van der Waals surface area contributed by atoms with Gasteiger partial charge in [-0.15, -0.1) is 11.8 Å². The summed E-state index contributed by atoms with van der Waals surface area (Å²) in [5.74, 6) is 0.614. The Hall–Kier alpha value is -2.49. The molecule has 3 aromatic carbocycles. The van der Waals surface area contributed by atoms with Crippen LogP contribution >= 0.6 is 11.8 Å². The fourth-order valence-corrected chi connectivity index (χ4v) is 5.35. The first-order chi connectivity index (χ1) is 15.3. The van der Waals surface area contributed by atoms with Crippen molar-refractivity contribution in [3.63, 3.8) is 0 Å². The molecule has 1 aliphatic heterocycles. The second-order valence-corrected chi connectivity index (χ2v) is 9.42. The molecule has 0 atom stereocenters. The van der Waals surface area contributed by atoms with Crippen molar-refractivity contribution in [2.45, 2.75) is 30.1 Å². The Morgan fingerprint density at radius 2 is 1.58 bits per heavy atom. The van der Waals surface area contributed by atoms with Gasteiger partial charge in [-0.1, -0.05) is 60.7 Å². The van der Waals surface area contributed by atoms with E-state index in [-0.39, 0.29) is 0 Å². The van der Waals surface area contributed by atoms with E-state index >= 15 is 0 Å². The van der Waals surface area contributed by atoms with Gasteiger partial charge in [0.05, 0.1) is 0 Å². The summed E-state index contributed by atoms with van der Waals surface area (Å²) < 4.78 is 0. The molecular formula is C28H30N2S. The molecule has 2 heterocycles. The van der Waals surface area contributed by atoms with E-state index < -0.39 is 0 Å². The molecule has 0 amide bonds. The number of nitrogens with one attached hydrogen (secondary N) is 1. The second-order valence-electron chi connectivity index (χ2n) is 8.54. The van der Waals surface area contributed by atoms with Crippen LogP contribution in [0.3, 0.4) is 0 Å². The molecule has 4 aromatic rings. The molecule has 0 radical (unpaired) electrons. The molecule has 1 saturated heterocycles. The number of benzene rings is 3. The van der Waals surface area contributed by atoms with Gasteiger partial charge in [0.1, 0.15) is 0 Å². The highest BCUT2D eigenvalue weighted by molar-refractivity contribution is 7.98. The van der Waals surface area contributed by atoms with Crippen LogP contribution in [0.25, 0.3) is 22.2 Å². The van der Waals surface area contributed by atoms with Gasteiger partial charge in [0, 0.05) is 28.0 Å². The largest absolute Gasteiger partial charge is 0.354 e. The average Bonchev–Trinajstić information content (AvgIpc) is 3.24. The SMILES string of the molecule is CSc1ccc(CCN2CCC(c3c(-c4ccccc4)[nH]c4ccccc34)CC2)cc1. The topological polar surface area (TPSA) is 19.0 Å². The van der Waals surface area contributed by atoms with Crippen LogP contribution in [0.1, 0.15) is 29.9 Å². The summed E-state index contributed by atoms with van der Waals surface area (Å²) in [6, 6.07) is 28.7. The Kier molecular flexibility index (Phi) is 6.15. The van der Waals surface area contributed by atoms with Crippen LogP contribution in [-0.2, 0) is 6.42 Å². The summed E-state index contributed by atoms with van der Waals surface area (Å²) >= 11 is 1.81. The van der Waals surface area contributed by atoms with Crippen LogP contribution in [-0.4, -0.2) is 35.8 Å². The van der Waals surface area contributed by atoms with E-state index in [4.69, 9.17) is 0 Å². The van der Waals surface area contributed by atoms with E-state index in [1.165, 1.54) is 64.1 Å². The number of para-hydroxylation sites is 1. The van der Waals surface area contributed by atoms with E-state index in [1.807, 2.05) is 11.8 Å². The first-order valence-corrected chi connectivity index (χ1v) is 12.6. The third-order valence-corrected chi connectivity index (χ3v) is 7.42. The number of rotatable bonds is 6. The van der Waals surface area contributed by atoms with Crippen LogP contribution in [0.5, 0.6) is 0 Å².